The van der Waals surface area contributed by atoms with Gasteiger partial charge in [0, 0.05) is 17.5 Å². The van der Waals surface area contributed by atoms with E-state index in [0.717, 1.165) is 16.7 Å². The number of alkyl carbamates (subject to hydrolysis) is 1. The molecule has 1 aromatic heterocycles. The predicted molar refractivity (Wildman–Crippen MR) is 132 cm³/mol. The summed E-state index contributed by atoms with van der Waals surface area (Å²) in [6, 6.07) is 24.1. The van der Waals surface area contributed by atoms with Crippen molar-refractivity contribution in [2.45, 2.75) is 32.4 Å². The minimum Gasteiger partial charge on any atom is -0.445 e. The third-order valence-electron chi connectivity index (χ3n) is 5.39. The Morgan fingerprint density at radius 3 is 2.37 bits per heavy atom. The van der Waals surface area contributed by atoms with Crippen LogP contribution in [-0.2, 0) is 16.1 Å². The lowest BCUT2D eigenvalue weighted by Crippen LogP contribution is -2.43. The average molecular weight is 472 g/mol. The first-order chi connectivity index (χ1) is 17.0. The smallest absolute Gasteiger partial charge is 0.408 e. The molecule has 0 bridgehead atoms. The van der Waals surface area contributed by atoms with Crippen molar-refractivity contribution >= 4 is 23.0 Å². The van der Waals surface area contributed by atoms with Gasteiger partial charge >= 0.3 is 17.7 Å². The SMILES string of the molecule is CCC[C@H](NC(=O)OCc1ccccc1)C(=O)Oc1ccc2c(-c3ccccc3)cc(=O)oc2c1. The zero-order valence-corrected chi connectivity index (χ0v) is 19.2. The maximum absolute atomic E-state index is 12.8. The number of carbonyl (C=O) groups excluding carboxylic acids is 2. The third kappa shape index (κ3) is 6.14. The van der Waals surface area contributed by atoms with Crippen LogP contribution in [0, 0.1) is 0 Å². The van der Waals surface area contributed by atoms with Gasteiger partial charge in [0.2, 0.25) is 0 Å². The van der Waals surface area contributed by atoms with E-state index in [1.165, 1.54) is 12.1 Å². The highest BCUT2D eigenvalue weighted by Crippen LogP contribution is 2.29. The molecular weight excluding hydrogens is 446 g/mol. The van der Waals surface area contributed by atoms with E-state index in [0.29, 0.717) is 23.8 Å². The molecule has 1 N–H and O–H groups in total. The van der Waals surface area contributed by atoms with Crippen molar-refractivity contribution in [2.24, 2.45) is 0 Å². The first-order valence-electron chi connectivity index (χ1n) is 11.4. The molecule has 0 saturated carbocycles. The monoisotopic (exact) mass is 471 g/mol. The number of rotatable bonds is 8. The summed E-state index contributed by atoms with van der Waals surface area (Å²) in [6.45, 7) is 1.99. The molecule has 35 heavy (non-hydrogen) atoms. The third-order valence-corrected chi connectivity index (χ3v) is 5.39. The van der Waals surface area contributed by atoms with Gasteiger partial charge in [0.05, 0.1) is 0 Å². The number of hydrogen-bond donors (Lipinski definition) is 1. The predicted octanol–water partition coefficient (Wildman–Crippen LogP) is 5.46. The average Bonchev–Trinajstić information content (AvgIpc) is 2.87. The summed E-state index contributed by atoms with van der Waals surface area (Å²) in [7, 11) is 0. The highest BCUT2D eigenvalue weighted by Gasteiger charge is 2.23. The Kier molecular flexibility index (Phi) is 7.57. The van der Waals surface area contributed by atoms with E-state index < -0.39 is 23.7 Å². The Hall–Kier alpha value is -4.39. The number of fused-ring (bicyclic) bond motifs is 1. The quantitative estimate of drug-likeness (QED) is 0.208. The molecule has 7 nitrogen and oxygen atoms in total. The fourth-order valence-corrected chi connectivity index (χ4v) is 3.70. The Labute approximate surface area is 202 Å². The van der Waals surface area contributed by atoms with Crippen LogP contribution in [0.15, 0.2) is 94.1 Å². The van der Waals surface area contributed by atoms with Gasteiger partial charge in [0.1, 0.15) is 24.0 Å². The van der Waals surface area contributed by atoms with E-state index in [4.69, 9.17) is 13.9 Å². The number of amides is 1. The standard InChI is InChI=1S/C28H25NO6/c1-2-9-24(29-28(32)33-18-19-10-5-3-6-11-19)27(31)34-21-14-15-22-23(20-12-7-4-8-13-20)17-26(30)35-25(22)16-21/h3-8,10-17,24H,2,9,18H2,1H3,(H,29,32)/t24-/m0/s1. The van der Waals surface area contributed by atoms with Gasteiger partial charge in [-0.25, -0.2) is 14.4 Å². The second-order valence-electron chi connectivity index (χ2n) is 7.97. The van der Waals surface area contributed by atoms with Crippen molar-refractivity contribution in [3.8, 4) is 16.9 Å². The molecule has 0 spiro atoms. The van der Waals surface area contributed by atoms with Gasteiger partial charge < -0.3 is 19.2 Å². The topological polar surface area (TPSA) is 94.8 Å². The van der Waals surface area contributed by atoms with Gasteiger partial charge in [0.25, 0.3) is 0 Å². The van der Waals surface area contributed by atoms with Crippen molar-refractivity contribution < 1.29 is 23.5 Å². The summed E-state index contributed by atoms with van der Waals surface area (Å²) in [5.74, 6) is -0.430. The van der Waals surface area contributed by atoms with E-state index in [2.05, 4.69) is 5.32 Å². The lowest BCUT2D eigenvalue weighted by Gasteiger charge is -2.17. The zero-order valence-electron chi connectivity index (χ0n) is 19.2. The molecular formula is C28H25NO6. The van der Waals surface area contributed by atoms with E-state index in [1.807, 2.05) is 67.6 Å². The molecule has 4 aromatic rings. The van der Waals surface area contributed by atoms with Crippen LogP contribution in [0.3, 0.4) is 0 Å². The molecule has 0 aliphatic rings. The first-order valence-corrected chi connectivity index (χ1v) is 11.4. The number of benzene rings is 3. The summed E-state index contributed by atoms with van der Waals surface area (Å²) < 4.78 is 16.1. The van der Waals surface area contributed by atoms with Gasteiger partial charge in [-0.1, -0.05) is 74.0 Å². The zero-order chi connectivity index (χ0) is 24.6. The van der Waals surface area contributed by atoms with Gasteiger partial charge in [-0.3, -0.25) is 0 Å². The van der Waals surface area contributed by atoms with Crippen molar-refractivity contribution in [2.75, 3.05) is 0 Å². The Balaban J connectivity index is 1.47. The summed E-state index contributed by atoms with van der Waals surface area (Å²) >= 11 is 0. The number of ether oxygens (including phenoxy) is 2. The van der Waals surface area contributed by atoms with Crippen LogP contribution in [0.4, 0.5) is 4.79 Å². The molecule has 0 aliphatic carbocycles. The minimum absolute atomic E-state index is 0.0913. The maximum Gasteiger partial charge on any atom is 0.408 e. The van der Waals surface area contributed by atoms with Crippen LogP contribution in [0.2, 0.25) is 0 Å². The van der Waals surface area contributed by atoms with Crippen molar-refractivity contribution in [3.63, 3.8) is 0 Å². The summed E-state index contributed by atoms with van der Waals surface area (Å²) in [6.07, 6.45) is 0.313. The first kappa shape index (κ1) is 23.8. The lowest BCUT2D eigenvalue weighted by molar-refractivity contribution is -0.136. The van der Waals surface area contributed by atoms with Gasteiger partial charge in [0.15, 0.2) is 0 Å². The van der Waals surface area contributed by atoms with Gasteiger partial charge in [-0.15, -0.1) is 0 Å². The van der Waals surface area contributed by atoms with Crippen LogP contribution in [0.1, 0.15) is 25.3 Å². The van der Waals surface area contributed by atoms with E-state index in [1.54, 1.807) is 12.1 Å². The molecule has 4 rings (SSSR count). The van der Waals surface area contributed by atoms with Crippen LogP contribution in [-0.4, -0.2) is 18.1 Å². The van der Waals surface area contributed by atoms with Crippen molar-refractivity contribution in [3.05, 3.63) is 101 Å². The molecule has 1 heterocycles. The summed E-state index contributed by atoms with van der Waals surface area (Å²) in [5, 5.41) is 3.29. The number of nitrogens with one attached hydrogen (secondary N) is 1. The van der Waals surface area contributed by atoms with Crippen molar-refractivity contribution in [1.82, 2.24) is 5.32 Å². The number of hydrogen-bond acceptors (Lipinski definition) is 6. The van der Waals surface area contributed by atoms with E-state index >= 15 is 0 Å². The summed E-state index contributed by atoms with van der Waals surface area (Å²) in [5.41, 5.74) is 2.22. The fourth-order valence-electron chi connectivity index (χ4n) is 3.70. The number of carbonyl (C=O) groups is 2. The summed E-state index contributed by atoms with van der Waals surface area (Å²) in [4.78, 5) is 37.2. The molecule has 1 atom stereocenters. The molecule has 178 valence electrons. The lowest BCUT2D eigenvalue weighted by atomic mass is 10.0. The molecule has 0 saturated heterocycles. The van der Waals surface area contributed by atoms with Crippen LogP contribution < -0.4 is 15.7 Å². The minimum atomic E-state index is -0.887. The fraction of sp³-hybridized carbons (Fsp3) is 0.179. The molecule has 0 fully saturated rings. The molecule has 1 amide bonds. The Morgan fingerprint density at radius 1 is 0.943 bits per heavy atom. The molecule has 0 aliphatic heterocycles. The van der Waals surface area contributed by atoms with Crippen LogP contribution >= 0.6 is 0 Å². The molecule has 0 unspecified atom stereocenters. The number of esters is 1. The molecule has 0 radical (unpaired) electrons. The van der Waals surface area contributed by atoms with Crippen LogP contribution in [0.25, 0.3) is 22.1 Å². The molecule has 7 heteroatoms. The second-order valence-corrected chi connectivity index (χ2v) is 7.97. The van der Waals surface area contributed by atoms with Crippen molar-refractivity contribution in [1.29, 1.82) is 0 Å². The Bertz CT molecular complexity index is 1360. The molecule has 3 aromatic carbocycles. The van der Waals surface area contributed by atoms with Gasteiger partial charge in [-0.2, -0.15) is 0 Å². The highest BCUT2D eigenvalue weighted by atomic mass is 16.6. The highest BCUT2D eigenvalue weighted by molar-refractivity contribution is 5.94. The second kappa shape index (κ2) is 11.2. The maximum atomic E-state index is 12.8. The Morgan fingerprint density at radius 2 is 1.66 bits per heavy atom. The largest absolute Gasteiger partial charge is 0.445 e. The van der Waals surface area contributed by atoms with E-state index in [9.17, 15) is 14.4 Å². The van der Waals surface area contributed by atoms with E-state index in [-0.39, 0.29) is 12.4 Å². The van der Waals surface area contributed by atoms with Crippen LogP contribution in [0.5, 0.6) is 5.75 Å². The van der Waals surface area contributed by atoms with Gasteiger partial charge in [-0.05, 0) is 35.2 Å². The normalized spacial score (nSPS) is 11.6.